The van der Waals surface area contributed by atoms with E-state index in [2.05, 4.69) is 25.7 Å². The molecule has 0 saturated heterocycles. The van der Waals surface area contributed by atoms with E-state index in [1.807, 2.05) is 0 Å². The lowest BCUT2D eigenvalue weighted by Crippen LogP contribution is -2.28. The maximum atomic E-state index is 12.4. The van der Waals surface area contributed by atoms with Crippen LogP contribution in [0.25, 0.3) is 0 Å². The van der Waals surface area contributed by atoms with Gasteiger partial charge in [-0.1, -0.05) is 46.1 Å². The predicted molar refractivity (Wildman–Crippen MR) is 103 cm³/mol. The molecule has 0 saturated carbocycles. The van der Waals surface area contributed by atoms with Gasteiger partial charge < -0.3 is 20.1 Å². The van der Waals surface area contributed by atoms with E-state index in [-0.39, 0.29) is 23.4 Å². The second-order valence-corrected chi connectivity index (χ2v) is 6.13. The monoisotopic (exact) mass is 364 g/mol. The van der Waals surface area contributed by atoms with Gasteiger partial charge in [-0.3, -0.25) is 0 Å². The number of hydrogen-bond donors (Lipinski definition) is 1. The van der Waals surface area contributed by atoms with Crippen LogP contribution in [-0.2, 0) is 9.47 Å². The van der Waals surface area contributed by atoms with Gasteiger partial charge in [-0.25, -0.2) is 9.59 Å². The summed E-state index contributed by atoms with van der Waals surface area (Å²) in [7, 11) is 0. The molecule has 2 N–H and O–H groups in total. The van der Waals surface area contributed by atoms with E-state index in [0.717, 1.165) is 38.8 Å². The summed E-state index contributed by atoms with van der Waals surface area (Å²) >= 11 is 0. The van der Waals surface area contributed by atoms with Crippen molar-refractivity contribution in [3.05, 3.63) is 29.3 Å². The Bertz CT molecular complexity index is 571. The normalized spacial score (nSPS) is 10.8. The third-order valence-electron chi connectivity index (χ3n) is 4.29. The Morgan fingerprint density at radius 3 is 2.31 bits per heavy atom. The first-order chi connectivity index (χ1) is 12.5. The van der Waals surface area contributed by atoms with Crippen molar-refractivity contribution in [3.8, 4) is 0 Å². The van der Waals surface area contributed by atoms with E-state index >= 15 is 0 Å². The van der Waals surface area contributed by atoms with Crippen molar-refractivity contribution < 1.29 is 19.1 Å². The number of carbonyl (C=O) groups is 2. The molecular weight excluding hydrogens is 332 g/mol. The van der Waals surface area contributed by atoms with Gasteiger partial charge in [-0.15, -0.1) is 0 Å². The van der Waals surface area contributed by atoms with Gasteiger partial charge in [0.1, 0.15) is 6.61 Å². The molecule has 0 bridgehead atoms. The van der Waals surface area contributed by atoms with Gasteiger partial charge >= 0.3 is 11.9 Å². The van der Waals surface area contributed by atoms with Gasteiger partial charge in [0.2, 0.25) is 0 Å². The lowest BCUT2D eigenvalue weighted by Gasteiger charge is -2.18. The SMILES string of the molecule is CCCCCCOC(=O)c1c(N)cccc1C(=O)OCCN(CC)CC. The van der Waals surface area contributed by atoms with Crippen LogP contribution in [0.15, 0.2) is 18.2 Å². The molecule has 0 heterocycles. The van der Waals surface area contributed by atoms with E-state index < -0.39 is 11.9 Å². The minimum absolute atomic E-state index is 0.0934. The van der Waals surface area contributed by atoms with Crippen LogP contribution >= 0.6 is 0 Å². The van der Waals surface area contributed by atoms with Crippen molar-refractivity contribution in [2.24, 2.45) is 0 Å². The molecule has 1 aromatic carbocycles. The molecule has 0 aliphatic rings. The molecule has 146 valence electrons. The number of hydrogen-bond acceptors (Lipinski definition) is 6. The van der Waals surface area contributed by atoms with Gasteiger partial charge in [-0.05, 0) is 31.6 Å². The Morgan fingerprint density at radius 2 is 1.65 bits per heavy atom. The summed E-state index contributed by atoms with van der Waals surface area (Å²) in [5, 5.41) is 0. The third kappa shape index (κ3) is 7.04. The molecule has 6 nitrogen and oxygen atoms in total. The number of rotatable bonds is 12. The number of ether oxygens (including phenoxy) is 2. The molecule has 0 unspecified atom stereocenters. The third-order valence-corrected chi connectivity index (χ3v) is 4.29. The van der Waals surface area contributed by atoms with Crippen molar-refractivity contribution in [1.29, 1.82) is 0 Å². The number of nitrogen functional groups attached to an aromatic ring is 1. The first kappa shape index (κ1) is 22.0. The summed E-state index contributed by atoms with van der Waals surface area (Å²) in [6.07, 6.45) is 4.03. The van der Waals surface area contributed by atoms with Crippen LogP contribution in [0.4, 0.5) is 5.69 Å². The minimum Gasteiger partial charge on any atom is -0.462 e. The maximum Gasteiger partial charge on any atom is 0.341 e. The van der Waals surface area contributed by atoms with Gasteiger partial charge in [-0.2, -0.15) is 0 Å². The van der Waals surface area contributed by atoms with Crippen LogP contribution in [0.5, 0.6) is 0 Å². The molecule has 0 amide bonds. The maximum absolute atomic E-state index is 12.4. The second kappa shape index (κ2) is 12.3. The number of benzene rings is 1. The Labute approximate surface area is 156 Å². The van der Waals surface area contributed by atoms with Gasteiger partial charge in [0, 0.05) is 12.2 Å². The van der Waals surface area contributed by atoms with Crippen LogP contribution in [0, 0.1) is 0 Å². The Balaban J connectivity index is 2.69. The average Bonchev–Trinajstić information content (AvgIpc) is 2.64. The van der Waals surface area contributed by atoms with Crippen LogP contribution in [-0.4, -0.2) is 49.7 Å². The molecular formula is C20H32N2O4. The van der Waals surface area contributed by atoms with Gasteiger partial charge in [0.05, 0.1) is 17.7 Å². The highest BCUT2D eigenvalue weighted by Gasteiger charge is 2.22. The Hall–Kier alpha value is -2.08. The highest BCUT2D eigenvalue weighted by atomic mass is 16.5. The zero-order valence-corrected chi connectivity index (χ0v) is 16.3. The first-order valence-electron chi connectivity index (χ1n) is 9.50. The smallest absolute Gasteiger partial charge is 0.341 e. The fourth-order valence-corrected chi connectivity index (χ4v) is 2.62. The molecule has 26 heavy (non-hydrogen) atoms. The number of nitrogens with zero attached hydrogens (tertiary/aromatic N) is 1. The van der Waals surface area contributed by atoms with E-state index in [1.165, 1.54) is 0 Å². The highest BCUT2D eigenvalue weighted by molar-refractivity contribution is 6.06. The Kier molecular flexibility index (Phi) is 10.4. The summed E-state index contributed by atoms with van der Waals surface area (Å²) in [4.78, 5) is 26.9. The van der Waals surface area contributed by atoms with Crippen LogP contribution in [0.1, 0.15) is 67.2 Å². The number of carbonyl (C=O) groups excluding carboxylic acids is 2. The van der Waals surface area contributed by atoms with Crippen molar-refractivity contribution in [2.75, 3.05) is 38.6 Å². The lowest BCUT2D eigenvalue weighted by molar-refractivity contribution is 0.0433. The van der Waals surface area contributed by atoms with Crippen LogP contribution in [0.3, 0.4) is 0 Å². The molecule has 0 aromatic heterocycles. The van der Waals surface area contributed by atoms with Crippen molar-refractivity contribution in [1.82, 2.24) is 4.90 Å². The van der Waals surface area contributed by atoms with Crippen molar-refractivity contribution in [2.45, 2.75) is 46.5 Å². The largest absolute Gasteiger partial charge is 0.462 e. The summed E-state index contributed by atoms with van der Waals surface area (Å²) in [5.74, 6) is -1.13. The molecule has 1 aromatic rings. The fourth-order valence-electron chi connectivity index (χ4n) is 2.62. The standard InChI is InChI=1S/C20H32N2O4/c1-4-7-8-9-14-25-20(24)18-16(11-10-12-17(18)21)19(23)26-15-13-22(5-2)6-3/h10-12H,4-9,13-15,21H2,1-3H3. The number of anilines is 1. The quantitative estimate of drug-likeness (QED) is 0.347. The Morgan fingerprint density at radius 1 is 0.962 bits per heavy atom. The molecule has 1 rings (SSSR count). The number of esters is 2. The molecule has 0 radical (unpaired) electrons. The zero-order chi connectivity index (χ0) is 19.4. The molecule has 0 atom stereocenters. The second-order valence-electron chi connectivity index (χ2n) is 6.13. The number of nitrogens with two attached hydrogens (primary N) is 1. The van der Waals surface area contributed by atoms with E-state index in [9.17, 15) is 9.59 Å². The van der Waals surface area contributed by atoms with E-state index in [0.29, 0.717) is 13.2 Å². The van der Waals surface area contributed by atoms with Crippen molar-refractivity contribution in [3.63, 3.8) is 0 Å². The van der Waals surface area contributed by atoms with Crippen LogP contribution in [0.2, 0.25) is 0 Å². The summed E-state index contributed by atoms with van der Waals surface area (Å²) in [6, 6.07) is 4.76. The van der Waals surface area contributed by atoms with E-state index in [1.54, 1.807) is 18.2 Å². The topological polar surface area (TPSA) is 81.9 Å². The summed E-state index contributed by atoms with van der Waals surface area (Å²) in [6.45, 7) is 9.25. The fraction of sp³-hybridized carbons (Fsp3) is 0.600. The predicted octanol–water partition coefficient (Wildman–Crippen LogP) is 3.50. The summed E-state index contributed by atoms with van der Waals surface area (Å²) < 4.78 is 10.6. The average molecular weight is 364 g/mol. The summed E-state index contributed by atoms with van der Waals surface area (Å²) in [5.41, 5.74) is 6.39. The van der Waals surface area contributed by atoms with Crippen LogP contribution < -0.4 is 5.73 Å². The molecule has 0 spiro atoms. The molecule has 6 heteroatoms. The van der Waals surface area contributed by atoms with E-state index in [4.69, 9.17) is 15.2 Å². The number of unbranched alkanes of at least 4 members (excludes halogenated alkanes) is 3. The van der Waals surface area contributed by atoms with Crippen molar-refractivity contribution >= 4 is 17.6 Å². The highest BCUT2D eigenvalue weighted by Crippen LogP contribution is 2.20. The first-order valence-corrected chi connectivity index (χ1v) is 9.50. The molecule has 0 aliphatic heterocycles. The van der Waals surface area contributed by atoms with Gasteiger partial charge in [0.15, 0.2) is 0 Å². The number of likely N-dealkylation sites (N-methyl/N-ethyl adjacent to an activating group) is 1. The van der Waals surface area contributed by atoms with Gasteiger partial charge in [0.25, 0.3) is 0 Å². The molecule has 0 fully saturated rings. The minimum atomic E-state index is -0.574. The molecule has 0 aliphatic carbocycles. The lowest BCUT2D eigenvalue weighted by atomic mass is 10.1. The zero-order valence-electron chi connectivity index (χ0n) is 16.3.